The number of hydrogen-bond acceptors (Lipinski definition) is 4. The van der Waals surface area contributed by atoms with Crippen molar-refractivity contribution in [3.05, 3.63) is 11.5 Å². The lowest BCUT2D eigenvalue weighted by Crippen LogP contribution is -2.36. The van der Waals surface area contributed by atoms with Gasteiger partial charge in [0.25, 0.3) is 5.91 Å². The highest BCUT2D eigenvalue weighted by molar-refractivity contribution is 5.92. The topological polar surface area (TPSA) is 42.0 Å². The first-order valence-corrected chi connectivity index (χ1v) is 7.01. The average molecular weight is 268 g/mol. The number of allylic oxidation sites excluding steroid dienone is 1. The van der Waals surface area contributed by atoms with Crippen LogP contribution in [0.15, 0.2) is 11.5 Å². The van der Waals surface area contributed by atoms with Crippen LogP contribution in [0.4, 0.5) is 0 Å². The van der Waals surface area contributed by atoms with E-state index in [1.54, 1.807) is 6.92 Å². The molecule has 5 heteroatoms. The summed E-state index contributed by atoms with van der Waals surface area (Å²) in [5, 5.41) is 0. The van der Waals surface area contributed by atoms with Gasteiger partial charge in [-0.1, -0.05) is 0 Å². The Kier molecular flexibility index (Phi) is 4.69. The maximum Gasteiger partial charge on any atom is 0.292 e. The van der Waals surface area contributed by atoms with Crippen LogP contribution in [0.2, 0.25) is 0 Å². The second kappa shape index (κ2) is 6.28. The van der Waals surface area contributed by atoms with E-state index in [0.717, 1.165) is 32.4 Å². The minimum atomic E-state index is -0.0170. The minimum Gasteiger partial charge on any atom is -0.491 e. The predicted molar refractivity (Wildman–Crippen MR) is 72.5 cm³/mol. The van der Waals surface area contributed by atoms with E-state index in [9.17, 15) is 4.79 Å². The summed E-state index contributed by atoms with van der Waals surface area (Å²) in [5.74, 6) is 0.996. The first kappa shape index (κ1) is 14.2. The van der Waals surface area contributed by atoms with Crippen molar-refractivity contribution in [2.75, 3.05) is 40.4 Å². The van der Waals surface area contributed by atoms with E-state index < -0.39 is 0 Å². The Morgan fingerprint density at radius 2 is 1.95 bits per heavy atom. The molecule has 108 valence electrons. The molecule has 0 aromatic heterocycles. The molecule has 1 saturated heterocycles. The van der Waals surface area contributed by atoms with Crippen LogP contribution in [0.1, 0.15) is 26.2 Å². The first-order chi connectivity index (χ1) is 9.09. The Hall–Kier alpha value is -1.23. The van der Waals surface area contributed by atoms with Crippen LogP contribution in [-0.4, -0.2) is 62.1 Å². The van der Waals surface area contributed by atoms with Crippen molar-refractivity contribution in [2.24, 2.45) is 0 Å². The van der Waals surface area contributed by atoms with Gasteiger partial charge in [0, 0.05) is 19.1 Å². The zero-order valence-corrected chi connectivity index (χ0v) is 12.1. The summed E-state index contributed by atoms with van der Waals surface area (Å²) in [5.41, 5.74) is 0. The highest BCUT2D eigenvalue weighted by atomic mass is 16.6. The number of carbonyl (C=O) groups excluding carboxylic acids is 1. The molecule has 0 radical (unpaired) electrons. The molecule has 2 heterocycles. The van der Waals surface area contributed by atoms with Gasteiger partial charge >= 0.3 is 0 Å². The number of likely N-dealkylation sites (tertiary alicyclic amines) is 1. The molecule has 19 heavy (non-hydrogen) atoms. The summed E-state index contributed by atoms with van der Waals surface area (Å²) in [6.07, 6.45) is 3.21. The lowest BCUT2D eigenvalue weighted by atomic mass is 10.1. The molecular formula is C14H24N2O3. The van der Waals surface area contributed by atoms with E-state index in [0.29, 0.717) is 30.8 Å². The molecule has 1 amide bonds. The molecule has 1 atom stereocenters. The maximum atomic E-state index is 12.4. The summed E-state index contributed by atoms with van der Waals surface area (Å²) in [7, 11) is 4.21. The zero-order chi connectivity index (χ0) is 13.8. The molecule has 0 bridgehead atoms. The molecule has 0 spiro atoms. The van der Waals surface area contributed by atoms with Crippen molar-refractivity contribution < 1.29 is 14.3 Å². The van der Waals surface area contributed by atoms with E-state index in [1.807, 2.05) is 4.90 Å². The number of carbonyl (C=O) groups is 1. The predicted octanol–water partition coefficient (Wildman–Crippen LogP) is 1.21. The van der Waals surface area contributed by atoms with Crippen LogP contribution < -0.4 is 0 Å². The van der Waals surface area contributed by atoms with Gasteiger partial charge in [0.2, 0.25) is 5.76 Å². The Labute approximate surface area is 115 Å². The van der Waals surface area contributed by atoms with Gasteiger partial charge in [-0.2, -0.15) is 0 Å². The van der Waals surface area contributed by atoms with Crippen LogP contribution in [-0.2, 0) is 14.3 Å². The van der Waals surface area contributed by atoms with Gasteiger partial charge in [0.1, 0.15) is 19.0 Å². The van der Waals surface area contributed by atoms with Crippen molar-refractivity contribution in [3.63, 3.8) is 0 Å². The lowest BCUT2D eigenvalue weighted by molar-refractivity contribution is -0.132. The van der Waals surface area contributed by atoms with Gasteiger partial charge in [-0.25, -0.2) is 0 Å². The van der Waals surface area contributed by atoms with Gasteiger partial charge in [0.15, 0.2) is 0 Å². The van der Waals surface area contributed by atoms with Crippen LogP contribution in [0.5, 0.6) is 0 Å². The number of hydrogen-bond donors (Lipinski definition) is 0. The average Bonchev–Trinajstić information content (AvgIpc) is 2.64. The number of nitrogens with zero attached hydrogens (tertiary/aromatic N) is 2. The van der Waals surface area contributed by atoms with Gasteiger partial charge in [-0.05, 0) is 40.3 Å². The Morgan fingerprint density at radius 3 is 2.63 bits per heavy atom. The quantitative estimate of drug-likeness (QED) is 0.755. The molecule has 0 aromatic rings. The second-order valence-corrected chi connectivity index (χ2v) is 5.42. The van der Waals surface area contributed by atoms with E-state index in [1.165, 1.54) is 0 Å². The van der Waals surface area contributed by atoms with Crippen molar-refractivity contribution in [1.82, 2.24) is 9.80 Å². The summed E-state index contributed by atoms with van der Waals surface area (Å²) in [6.45, 7) is 4.40. The minimum absolute atomic E-state index is 0.0170. The van der Waals surface area contributed by atoms with E-state index in [2.05, 4.69) is 19.0 Å². The molecule has 5 nitrogen and oxygen atoms in total. The van der Waals surface area contributed by atoms with Crippen LogP contribution in [0.3, 0.4) is 0 Å². The van der Waals surface area contributed by atoms with Crippen molar-refractivity contribution in [1.29, 1.82) is 0 Å². The fourth-order valence-electron chi connectivity index (χ4n) is 2.66. The molecule has 0 aromatic carbocycles. The summed E-state index contributed by atoms with van der Waals surface area (Å²) < 4.78 is 10.9. The first-order valence-electron chi connectivity index (χ1n) is 7.01. The molecule has 1 unspecified atom stereocenters. The molecule has 0 N–H and O–H groups in total. The van der Waals surface area contributed by atoms with Gasteiger partial charge in [0.05, 0.1) is 0 Å². The third-order valence-electron chi connectivity index (χ3n) is 3.88. The molecule has 1 fully saturated rings. The monoisotopic (exact) mass is 268 g/mol. The number of amides is 1. The molecule has 2 aliphatic rings. The molecule has 0 saturated carbocycles. The number of ether oxygens (including phenoxy) is 2. The van der Waals surface area contributed by atoms with Gasteiger partial charge < -0.3 is 19.3 Å². The lowest BCUT2D eigenvalue weighted by Gasteiger charge is -2.26. The van der Waals surface area contributed by atoms with Gasteiger partial charge in [-0.3, -0.25) is 4.79 Å². The Bertz CT molecular complexity index is 366. The normalized spacial score (nSPS) is 24.8. The Morgan fingerprint density at radius 1 is 1.21 bits per heavy atom. The van der Waals surface area contributed by atoms with Crippen LogP contribution in [0.25, 0.3) is 0 Å². The molecule has 2 rings (SSSR count). The van der Waals surface area contributed by atoms with E-state index in [-0.39, 0.29) is 5.91 Å². The summed E-state index contributed by atoms with van der Waals surface area (Å²) in [4.78, 5) is 16.6. The Balaban J connectivity index is 2.00. The van der Waals surface area contributed by atoms with E-state index >= 15 is 0 Å². The molecule has 2 aliphatic heterocycles. The fraction of sp³-hybridized carbons (Fsp3) is 0.786. The summed E-state index contributed by atoms with van der Waals surface area (Å²) in [6, 6.07) is 0.566. The van der Waals surface area contributed by atoms with Gasteiger partial charge in [-0.15, -0.1) is 0 Å². The number of rotatable bonds is 2. The second-order valence-electron chi connectivity index (χ2n) is 5.42. The summed E-state index contributed by atoms with van der Waals surface area (Å²) >= 11 is 0. The van der Waals surface area contributed by atoms with Crippen molar-refractivity contribution in [2.45, 2.75) is 32.2 Å². The fourth-order valence-corrected chi connectivity index (χ4v) is 2.66. The molecule has 0 aliphatic carbocycles. The third kappa shape index (κ3) is 3.41. The van der Waals surface area contributed by atoms with Crippen LogP contribution >= 0.6 is 0 Å². The van der Waals surface area contributed by atoms with E-state index in [4.69, 9.17) is 9.47 Å². The SMILES string of the molecule is CC1=C(C(=O)N2CCCC(N(C)C)CC2)OCCO1. The van der Waals surface area contributed by atoms with Crippen LogP contribution in [0, 0.1) is 0 Å². The maximum absolute atomic E-state index is 12.4. The highest BCUT2D eigenvalue weighted by Crippen LogP contribution is 2.20. The smallest absolute Gasteiger partial charge is 0.292 e. The highest BCUT2D eigenvalue weighted by Gasteiger charge is 2.27. The largest absolute Gasteiger partial charge is 0.491 e. The zero-order valence-electron chi connectivity index (χ0n) is 12.1. The van der Waals surface area contributed by atoms with Crippen molar-refractivity contribution >= 4 is 5.91 Å². The third-order valence-corrected chi connectivity index (χ3v) is 3.88. The van der Waals surface area contributed by atoms with Crippen molar-refractivity contribution in [3.8, 4) is 0 Å². The molecular weight excluding hydrogens is 244 g/mol. The standard InChI is InChI=1S/C14H24N2O3/c1-11-13(19-10-9-18-11)14(17)16-7-4-5-12(6-8-16)15(2)3/h12H,4-10H2,1-3H3.